The fourth-order valence-corrected chi connectivity index (χ4v) is 26.1. The Balaban J connectivity index is 0.828. The minimum atomic E-state index is 0.443. The normalized spacial score (nSPS) is 12.3. The first-order valence-corrected chi connectivity index (χ1v) is 61.0. The van der Waals surface area contributed by atoms with Crippen molar-refractivity contribution in [1.82, 2.24) is 0 Å². The molecule has 780 valence electrons. The topological polar surface area (TPSA) is 36.9 Å². The molecule has 0 saturated heterocycles. The van der Waals surface area contributed by atoms with Crippen LogP contribution in [-0.4, -0.2) is 46.8 Å². The first-order chi connectivity index (χ1) is 73.8. The summed E-state index contributed by atoms with van der Waals surface area (Å²) in [5.41, 5.74) is 22.3. The molecule has 4 nitrogen and oxygen atoms in total. The number of hydrogen-bond acceptors (Lipinski definition) is 4. The van der Waals surface area contributed by atoms with E-state index in [4.69, 9.17) is 18.9 Å². The van der Waals surface area contributed by atoms with Gasteiger partial charge in [0.1, 0.15) is 12.4 Å². The highest BCUT2D eigenvalue weighted by Gasteiger charge is 2.34. The van der Waals surface area contributed by atoms with Gasteiger partial charge in [0.15, 0.2) is 0 Å². The third-order valence-corrected chi connectivity index (χ3v) is 34.6. The van der Waals surface area contributed by atoms with Crippen LogP contribution in [0.2, 0.25) is 0 Å². The summed E-state index contributed by atoms with van der Waals surface area (Å²) < 4.78 is 23.6. The Morgan fingerprint density at radius 1 is 0.141 bits per heavy atom. The number of methoxy groups -OCH3 is 1. The number of benzene rings is 19. The monoisotopic (exact) mass is 1980 g/mol. The molecule has 0 N–H and O–H groups in total. The van der Waals surface area contributed by atoms with Gasteiger partial charge < -0.3 is 18.9 Å². The first kappa shape index (κ1) is 107. The third-order valence-electron chi connectivity index (χ3n) is 34.6. The first-order valence-electron chi connectivity index (χ1n) is 61.0. The average Bonchev–Trinajstić information content (AvgIpc) is 0.638. The second kappa shape index (κ2) is 54.7. The Bertz CT molecular complexity index is 6020. The number of hydrogen-bond donors (Lipinski definition) is 0. The van der Waals surface area contributed by atoms with Crippen molar-refractivity contribution in [3.8, 4) is 72.5 Å². The number of aryl methyl sites for hydroxylation is 5. The van der Waals surface area contributed by atoms with E-state index in [0.717, 1.165) is 43.4 Å². The highest BCUT2D eigenvalue weighted by Crippen LogP contribution is 2.63. The summed E-state index contributed by atoms with van der Waals surface area (Å²) >= 11 is 0. The van der Waals surface area contributed by atoms with Crippen molar-refractivity contribution >= 4 is 129 Å². The Morgan fingerprint density at radius 3 is 0.456 bits per heavy atom. The summed E-state index contributed by atoms with van der Waals surface area (Å²) in [7, 11) is 1.71. The average molecular weight is 1980 g/mol. The van der Waals surface area contributed by atoms with E-state index in [1.165, 1.54) is 539 Å². The largest absolute Gasteiger partial charge is 0.491 e. The molecule has 0 saturated carbocycles. The zero-order valence-electron chi connectivity index (χ0n) is 92.6. The second-order valence-electron chi connectivity index (χ2n) is 45.7. The molecule has 0 aliphatic heterocycles. The fraction of sp³-hybridized carbons (Fsp3) is 0.462. The van der Waals surface area contributed by atoms with E-state index < -0.39 is 0 Å². The lowest BCUT2D eigenvalue weighted by Gasteiger charge is -2.30. The van der Waals surface area contributed by atoms with Crippen LogP contribution in [-0.2, 0) is 46.3 Å². The predicted molar refractivity (Wildman–Crippen MR) is 653 cm³/mol. The smallest absolute Gasteiger partial charge is 0.119 e. The molecule has 4 heteroatoms. The summed E-state index contributed by atoms with van der Waals surface area (Å²) in [4.78, 5) is 0. The Labute approximate surface area is 895 Å². The lowest BCUT2D eigenvalue weighted by atomic mass is 9.72. The minimum Gasteiger partial charge on any atom is -0.491 e. The highest BCUT2D eigenvalue weighted by atomic mass is 16.6. The molecule has 19 rings (SSSR count). The molecule has 0 radical (unpaired) electrons. The molecule has 0 amide bonds. The van der Waals surface area contributed by atoms with E-state index in [1.807, 2.05) is 0 Å². The van der Waals surface area contributed by atoms with Crippen LogP contribution in [0.3, 0.4) is 0 Å². The van der Waals surface area contributed by atoms with Gasteiger partial charge in [-0.1, -0.05) is 457 Å². The quantitative estimate of drug-likeness (QED) is 0.0216. The highest BCUT2D eigenvalue weighted by molar-refractivity contribution is 6.61. The van der Waals surface area contributed by atoms with E-state index in [9.17, 15) is 0 Å². The Morgan fingerprint density at radius 2 is 0.289 bits per heavy atom. The van der Waals surface area contributed by atoms with Crippen molar-refractivity contribution in [2.75, 3.05) is 46.8 Å². The maximum Gasteiger partial charge on any atom is 0.119 e. The van der Waals surface area contributed by atoms with Crippen LogP contribution in [0.1, 0.15) is 383 Å². The Kier molecular flexibility index (Phi) is 39.3. The van der Waals surface area contributed by atoms with Crippen molar-refractivity contribution in [1.29, 1.82) is 0 Å². The van der Waals surface area contributed by atoms with Gasteiger partial charge >= 0.3 is 0 Å². The van der Waals surface area contributed by atoms with Crippen LogP contribution in [0, 0.1) is 0 Å². The van der Waals surface area contributed by atoms with Crippen LogP contribution >= 0.6 is 0 Å². The van der Waals surface area contributed by atoms with Crippen LogP contribution < -0.4 is 4.74 Å². The molecular formula is C145H176O4. The second-order valence-corrected chi connectivity index (χ2v) is 45.7. The summed E-state index contributed by atoms with van der Waals surface area (Å²) in [6.07, 6.45) is 72.7. The van der Waals surface area contributed by atoms with E-state index >= 15 is 0 Å². The van der Waals surface area contributed by atoms with Gasteiger partial charge in [-0.25, -0.2) is 0 Å². The minimum absolute atomic E-state index is 0.443. The van der Waals surface area contributed by atoms with Crippen molar-refractivity contribution < 1.29 is 18.9 Å². The number of rotatable bonds is 71. The molecule has 0 unspecified atom stereocenters. The van der Waals surface area contributed by atoms with Crippen LogP contribution in [0.5, 0.6) is 5.75 Å². The molecule has 0 spiro atoms. The van der Waals surface area contributed by atoms with Crippen molar-refractivity contribution in [2.45, 2.75) is 388 Å². The zero-order chi connectivity index (χ0) is 102. The molecule has 0 aromatic heterocycles. The molecule has 0 aliphatic carbocycles. The number of unbranched alkanes of at least 4 members (excludes halogenated alkanes) is 45. The van der Waals surface area contributed by atoms with Gasteiger partial charge in [0.2, 0.25) is 0 Å². The van der Waals surface area contributed by atoms with E-state index in [0.29, 0.717) is 39.6 Å². The van der Waals surface area contributed by atoms with E-state index in [-0.39, 0.29) is 0 Å². The van der Waals surface area contributed by atoms with Crippen molar-refractivity contribution in [3.05, 3.63) is 246 Å². The van der Waals surface area contributed by atoms with Gasteiger partial charge in [-0.05, 0) is 373 Å². The summed E-state index contributed by atoms with van der Waals surface area (Å²) in [5.74, 6) is 0.831. The summed E-state index contributed by atoms with van der Waals surface area (Å²) in [6, 6.07) is 90.8. The third kappa shape index (κ3) is 25.9. The molecule has 0 heterocycles. The van der Waals surface area contributed by atoms with E-state index in [1.54, 1.807) is 7.11 Å². The van der Waals surface area contributed by atoms with Crippen LogP contribution in [0.25, 0.3) is 196 Å². The van der Waals surface area contributed by atoms with Crippen LogP contribution in [0.4, 0.5) is 0 Å². The molecule has 149 heavy (non-hydrogen) atoms. The van der Waals surface area contributed by atoms with E-state index in [2.05, 4.69) is 253 Å². The lowest BCUT2D eigenvalue weighted by molar-refractivity contribution is 0.0180. The Hall–Kier alpha value is -10.5. The molecule has 19 aromatic rings. The van der Waals surface area contributed by atoms with Gasteiger partial charge in [0, 0.05) is 7.11 Å². The van der Waals surface area contributed by atoms with Gasteiger partial charge in [-0.3, -0.25) is 0 Å². The van der Waals surface area contributed by atoms with Gasteiger partial charge in [0.05, 0.1) is 33.0 Å². The standard InChI is InChI=1S/C145H176O4/c1-7-12-17-22-27-32-37-42-47-52-57-104-62-72-109(73-63-104)115-92-122-124-94-116(110-74-64-105(65-75-110)58-53-48-43-38-33-28-23-18-13-8-2)96-126-128-98-118(112-78-68-107(69-79-112)60-55-50-45-40-35-30-25-20-15-10-4)100-130-132-102-120(114-82-84-121(85-83-114)149-91-90-148-89-88-147-87-86-146-6)103-133-131-101-119(113-80-70-108(71-81-113)61-56-51-46-41-36-31-26-21-16-11-5)99-129-127-97-117(111-76-66-106(67-77-111)59-54-49-44-39-34-29-24-19-14-9-3)95-125-123(93-115)134(122)140-141(135(124)126)143(137(128)130)145(139(132)133)144(138(129)131)142(140)136(125)127/h62-85,92-103H,7-61,86-91H2,1-6H3. The van der Waals surface area contributed by atoms with Gasteiger partial charge in [-0.15, -0.1) is 0 Å². The SMILES string of the molecule is CCCCCCCCCCCCc1ccc(-c2cc3c4cc(-c5ccc(CCCCCCCCCCCC)cc5)cc5c6cc(-c7ccc(CCCCCCCCCCCC)cc7)cc7c8cc(-c9ccc(OCCOCCOCCOC)cc9)cc9c%10cc(-c%11ccc(CCCCCCCCCCCC)cc%11)cc%11c%12cc(-c%13ccc(CCCCCCCCCCCC)cc%13)cc%13c(c2)c3c2c(c45)c(c67)c(c89)c(c%11%10)c2c%13%12)cc1. The fourth-order valence-electron chi connectivity index (χ4n) is 26.1. The maximum absolute atomic E-state index is 6.54. The van der Waals surface area contributed by atoms with Crippen molar-refractivity contribution in [3.63, 3.8) is 0 Å². The number of ether oxygens (including phenoxy) is 4. The molecule has 0 fully saturated rings. The molecule has 0 bridgehead atoms. The lowest BCUT2D eigenvalue weighted by Crippen LogP contribution is -2.12. The molecule has 19 aromatic carbocycles. The van der Waals surface area contributed by atoms with Crippen molar-refractivity contribution in [2.24, 2.45) is 0 Å². The zero-order valence-corrected chi connectivity index (χ0v) is 92.6. The summed E-state index contributed by atoms with van der Waals surface area (Å²) in [5, 5.41) is 32.9. The van der Waals surface area contributed by atoms with Crippen LogP contribution in [0.15, 0.2) is 218 Å². The molecule has 0 aliphatic rings. The maximum atomic E-state index is 6.54. The molecular weight excluding hydrogens is 1810 g/mol. The predicted octanol–water partition coefficient (Wildman–Crippen LogP) is 44.5. The number of fused-ring (bicyclic) bond motifs is 6. The summed E-state index contributed by atoms with van der Waals surface area (Å²) in [6.45, 7) is 14.7. The van der Waals surface area contributed by atoms with Gasteiger partial charge in [0.25, 0.3) is 0 Å². The molecule has 0 atom stereocenters. The van der Waals surface area contributed by atoms with Gasteiger partial charge in [-0.2, -0.15) is 0 Å².